The molecule has 4 heteroatoms. The number of hydrogen-bond acceptors (Lipinski definition) is 3. The lowest BCUT2D eigenvalue weighted by molar-refractivity contribution is 0.201. The molecule has 0 aliphatic rings. The number of hydrogen-bond donors (Lipinski definition) is 0. The van der Waals surface area contributed by atoms with Gasteiger partial charge in [0.15, 0.2) is 0 Å². The third kappa shape index (κ3) is 3.63. The smallest absolute Gasteiger partial charge is 0.0972 e. The standard InChI is InChI=1S/C13H14BrNOS/c1-16-7-6-11-9-17-13(15-11)8-10-4-2-3-5-12(10)14/h2-5,9H,6-8H2,1H3. The van der Waals surface area contributed by atoms with E-state index in [-0.39, 0.29) is 0 Å². The molecule has 0 N–H and O–H groups in total. The fraction of sp³-hybridized carbons (Fsp3) is 0.308. The highest BCUT2D eigenvalue weighted by Gasteiger charge is 2.05. The SMILES string of the molecule is COCCc1csc(Cc2ccccc2Br)n1. The van der Waals surface area contributed by atoms with Crippen LogP contribution < -0.4 is 0 Å². The first-order valence-corrected chi connectivity index (χ1v) is 7.12. The molecule has 2 aromatic rings. The maximum Gasteiger partial charge on any atom is 0.0972 e. The first-order valence-electron chi connectivity index (χ1n) is 5.45. The summed E-state index contributed by atoms with van der Waals surface area (Å²) >= 11 is 5.28. The maximum atomic E-state index is 5.05. The van der Waals surface area contributed by atoms with Crippen molar-refractivity contribution in [2.75, 3.05) is 13.7 Å². The molecule has 0 amide bonds. The molecule has 0 bridgehead atoms. The van der Waals surface area contributed by atoms with Crippen molar-refractivity contribution in [1.29, 1.82) is 0 Å². The lowest BCUT2D eigenvalue weighted by Gasteiger charge is -2.00. The zero-order valence-electron chi connectivity index (χ0n) is 9.65. The Kier molecular flexibility index (Phi) is 4.71. The van der Waals surface area contributed by atoms with Crippen LogP contribution >= 0.6 is 27.3 Å². The average Bonchev–Trinajstić information content (AvgIpc) is 2.77. The Labute approximate surface area is 114 Å². The number of halogens is 1. The van der Waals surface area contributed by atoms with Gasteiger partial charge in [-0.3, -0.25) is 0 Å². The van der Waals surface area contributed by atoms with Crippen LogP contribution in [0, 0.1) is 0 Å². The van der Waals surface area contributed by atoms with Gasteiger partial charge in [0, 0.05) is 29.8 Å². The molecule has 0 radical (unpaired) electrons. The number of benzene rings is 1. The zero-order valence-corrected chi connectivity index (χ0v) is 12.1. The van der Waals surface area contributed by atoms with Crippen LogP contribution in [0.3, 0.4) is 0 Å². The van der Waals surface area contributed by atoms with Gasteiger partial charge in [-0.25, -0.2) is 4.98 Å². The Bertz CT molecular complexity index is 484. The van der Waals surface area contributed by atoms with Gasteiger partial charge in [0.25, 0.3) is 0 Å². The summed E-state index contributed by atoms with van der Waals surface area (Å²) in [5.41, 5.74) is 2.40. The van der Waals surface area contributed by atoms with Gasteiger partial charge >= 0.3 is 0 Å². The van der Waals surface area contributed by atoms with Crippen LogP contribution in [0.25, 0.3) is 0 Å². The summed E-state index contributed by atoms with van der Waals surface area (Å²) in [5.74, 6) is 0. The van der Waals surface area contributed by atoms with Crippen molar-refractivity contribution < 1.29 is 4.74 Å². The van der Waals surface area contributed by atoms with Crippen molar-refractivity contribution in [2.45, 2.75) is 12.8 Å². The van der Waals surface area contributed by atoms with E-state index >= 15 is 0 Å². The molecule has 0 spiro atoms. The summed E-state index contributed by atoms with van der Waals surface area (Å²) < 4.78 is 6.20. The highest BCUT2D eigenvalue weighted by molar-refractivity contribution is 9.10. The van der Waals surface area contributed by atoms with Gasteiger partial charge < -0.3 is 4.74 Å². The van der Waals surface area contributed by atoms with Gasteiger partial charge in [0.2, 0.25) is 0 Å². The van der Waals surface area contributed by atoms with Crippen LogP contribution in [0.15, 0.2) is 34.1 Å². The number of ether oxygens (including phenoxy) is 1. The van der Waals surface area contributed by atoms with E-state index in [0.717, 1.165) is 34.6 Å². The molecule has 1 aromatic heterocycles. The summed E-state index contributed by atoms with van der Waals surface area (Å²) in [7, 11) is 1.72. The van der Waals surface area contributed by atoms with Crippen LogP contribution in [-0.4, -0.2) is 18.7 Å². The normalized spacial score (nSPS) is 10.7. The van der Waals surface area contributed by atoms with Gasteiger partial charge in [-0.1, -0.05) is 34.1 Å². The zero-order chi connectivity index (χ0) is 12.1. The van der Waals surface area contributed by atoms with Gasteiger partial charge in [-0.05, 0) is 11.6 Å². The van der Waals surface area contributed by atoms with E-state index in [2.05, 4.69) is 44.5 Å². The molecule has 2 rings (SSSR count). The van der Waals surface area contributed by atoms with Gasteiger partial charge in [-0.15, -0.1) is 11.3 Å². The van der Waals surface area contributed by atoms with Crippen molar-refractivity contribution in [3.63, 3.8) is 0 Å². The summed E-state index contributed by atoms with van der Waals surface area (Å²) in [4.78, 5) is 4.60. The minimum absolute atomic E-state index is 0.734. The Hall–Kier alpha value is -0.710. The number of aromatic nitrogens is 1. The van der Waals surface area contributed by atoms with Crippen molar-refractivity contribution >= 4 is 27.3 Å². The highest BCUT2D eigenvalue weighted by Crippen LogP contribution is 2.21. The first kappa shape index (κ1) is 12.7. The second-order valence-corrected chi connectivity index (χ2v) is 5.54. The molecule has 0 saturated carbocycles. The Morgan fingerprint density at radius 2 is 2.18 bits per heavy atom. The summed E-state index contributed by atoms with van der Waals surface area (Å²) in [6, 6.07) is 8.27. The van der Waals surface area contributed by atoms with E-state index in [1.807, 2.05) is 6.07 Å². The molecule has 1 aromatic carbocycles. The minimum atomic E-state index is 0.734. The molecular formula is C13H14BrNOS. The largest absolute Gasteiger partial charge is 0.384 e. The molecule has 2 nitrogen and oxygen atoms in total. The van der Waals surface area contributed by atoms with Crippen LogP contribution in [-0.2, 0) is 17.6 Å². The lowest BCUT2D eigenvalue weighted by Crippen LogP contribution is -1.95. The summed E-state index contributed by atoms with van der Waals surface area (Å²) in [6.07, 6.45) is 1.78. The van der Waals surface area contributed by atoms with E-state index in [1.165, 1.54) is 5.56 Å². The van der Waals surface area contributed by atoms with E-state index in [4.69, 9.17) is 4.74 Å². The number of nitrogens with zero attached hydrogens (tertiary/aromatic N) is 1. The monoisotopic (exact) mass is 311 g/mol. The molecule has 90 valence electrons. The molecule has 0 atom stereocenters. The van der Waals surface area contributed by atoms with E-state index in [1.54, 1.807) is 18.4 Å². The molecule has 0 unspecified atom stereocenters. The molecule has 17 heavy (non-hydrogen) atoms. The third-order valence-corrected chi connectivity index (χ3v) is 4.13. The number of thiazole rings is 1. The quantitative estimate of drug-likeness (QED) is 0.840. The maximum absolute atomic E-state index is 5.05. The van der Waals surface area contributed by atoms with Gasteiger partial charge in [0.05, 0.1) is 17.3 Å². The molecular weight excluding hydrogens is 298 g/mol. The minimum Gasteiger partial charge on any atom is -0.384 e. The molecule has 1 heterocycles. The van der Waals surface area contributed by atoms with Crippen molar-refractivity contribution in [3.05, 3.63) is 50.4 Å². The Morgan fingerprint density at radius 3 is 2.94 bits per heavy atom. The van der Waals surface area contributed by atoms with Crippen molar-refractivity contribution in [3.8, 4) is 0 Å². The fourth-order valence-electron chi connectivity index (χ4n) is 1.56. The van der Waals surface area contributed by atoms with E-state index in [9.17, 15) is 0 Å². The van der Waals surface area contributed by atoms with E-state index in [0.29, 0.717) is 0 Å². The predicted molar refractivity (Wildman–Crippen MR) is 74.6 cm³/mol. The highest BCUT2D eigenvalue weighted by atomic mass is 79.9. The number of methoxy groups -OCH3 is 1. The molecule has 0 aliphatic carbocycles. The second-order valence-electron chi connectivity index (χ2n) is 3.74. The topological polar surface area (TPSA) is 22.1 Å². The first-order chi connectivity index (χ1) is 8.29. The molecule has 0 aliphatic heterocycles. The molecule has 0 saturated heterocycles. The van der Waals surface area contributed by atoms with Crippen LogP contribution in [0.4, 0.5) is 0 Å². The Balaban J connectivity index is 2.04. The van der Waals surface area contributed by atoms with Crippen LogP contribution in [0.5, 0.6) is 0 Å². The fourth-order valence-corrected chi connectivity index (χ4v) is 2.83. The average molecular weight is 312 g/mol. The third-order valence-electron chi connectivity index (χ3n) is 2.46. The number of rotatable bonds is 5. The van der Waals surface area contributed by atoms with Crippen LogP contribution in [0.2, 0.25) is 0 Å². The van der Waals surface area contributed by atoms with Gasteiger partial charge in [0.1, 0.15) is 0 Å². The van der Waals surface area contributed by atoms with Crippen molar-refractivity contribution in [1.82, 2.24) is 4.98 Å². The van der Waals surface area contributed by atoms with Crippen molar-refractivity contribution in [2.24, 2.45) is 0 Å². The van der Waals surface area contributed by atoms with Gasteiger partial charge in [-0.2, -0.15) is 0 Å². The van der Waals surface area contributed by atoms with Crippen LogP contribution in [0.1, 0.15) is 16.3 Å². The predicted octanol–water partition coefficient (Wildman–Crippen LogP) is 3.69. The second kappa shape index (κ2) is 6.28. The molecule has 0 fully saturated rings. The summed E-state index contributed by atoms with van der Waals surface area (Å²) in [5, 5.41) is 3.27. The Morgan fingerprint density at radius 1 is 1.35 bits per heavy atom. The van der Waals surface area contributed by atoms with E-state index < -0.39 is 0 Å². The summed E-state index contributed by atoms with van der Waals surface area (Å²) in [6.45, 7) is 0.734. The lowest BCUT2D eigenvalue weighted by atomic mass is 10.2.